The van der Waals surface area contributed by atoms with Crippen LogP contribution in [0.5, 0.6) is 6.01 Å². The summed E-state index contributed by atoms with van der Waals surface area (Å²) in [6.07, 6.45) is 5.91. The Morgan fingerprint density at radius 1 is 1.26 bits per heavy atom. The highest BCUT2D eigenvalue weighted by atomic mass is 16.5. The van der Waals surface area contributed by atoms with Crippen LogP contribution < -0.4 is 10.5 Å². The van der Waals surface area contributed by atoms with Crippen molar-refractivity contribution in [3.63, 3.8) is 0 Å². The van der Waals surface area contributed by atoms with E-state index in [9.17, 15) is 0 Å². The molecule has 0 saturated heterocycles. The van der Waals surface area contributed by atoms with E-state index in [4.69, 9.17) is 10.5 Å². The molecule has 0 aliphatic rings. The first-order valence-corrected chi connectivity index (χ1v) is 6.21. The zero-order chi connectivity index (χ0) is 13.8. The van der Waals surface area contributed by atoms with Crippen molar-refractivity contribution in [2.75, 3.05) is 5.73 Å². The quantitative estimate of drug-likeness (QED) is 0.876. The highest BCUT2D eigenvalue weighted by Gasteiger charge is 2.12. The van der Waals surface area contributed by atoms with Crippen LogP contribution in [0.3, 0.4) is 0 Å². The number of aromatic nitrogens is 5. The third-order valence-corrected chi connectivity index (χ3v) is 2.47. The van der Waals surface area contributed by atoms with Gasteiger partial charge in [0.05, 0.1) is 6.10 Å². The van der Waals surface area contributed by atoms with Gasteiger partial charge in [0, 0.05) is 12.4 Å². The van der Waals surface area contributed by atoms with E-state index in [2.05, 4.69) is 33.8 Å². The molecule has 1 unspecified atom stereocenters. The molecule has 2 rings (SSSR count). The number of nitrogens with zero attached hydrogens (tertiary/aromatic N) is 5. The van der Waals surface area contributed by atoms with E-state index in [-0.39, 0.29) is 18.1 Å². The van der Waals surface area contributed by atoms with Gasteiger partial charge in [0.25, 0.3) is 0 Å². The van der Waals surface area contributed by atoms with Crippen LogP contribution in [0.4, 0.5) is 5.95 Å². The Kier molecular flexibility index (Phi) is 3.94. The molecule has 1 atom stereocenters. The van der Waals surface area contributed by atoms with Crippen LogP contribution in [0.1, 0.15) is 27.2 Å². The molecule has 0 radical (unpaired) electrons. The Hall–Kier alpha value is -2.18. The van der Waals surface area contributed by atoms with E-state index < -0.39 is 0 Å². The number of nitrogen functional groups attached to an aromatic ring is 1. The zero-order valence-corrected chi connectivity index (χ0v) is 11.3. The first-order chi connectivity index (χ1) is 9.04. The fraction of sp³-hybridized carbons (Fsp3) is 0.500. The lowest BCUT2D eigenvalue weighted by molar-refractivity contribution is 0.177. The molecule has 0 fully saturated rings. The fourth-order valence-corrected chi connectivity index (χ4v) is 1.80. The molecule has 0 spiro atoms. The highest BCUT2D eigenvalue weighted by Crippen LogP contribution is 2.13. The van der Waals surface area contributed by atoms with Crippen LogP contribution in [0, 0.1) is 5.92 Å². The molecule has 0 bridgehead atoms. The maximum absolute atomic E-state index is 5.67. The molecule has 0 aliphatic heterocycles. The highest BCUT2D eigenvalue weighted by molar-refractivity contribution is 5.25. The number of nitrogens with two attached hydrogens (primary N) is 1. The van der Waals surface area contributed by atoms with Crippen LogP contribution in [0.25, 0.3) is 5.95 Å². The van der Waals surface area contributed by atoms with Crippen LogP contribution in [-0.2, 0) is 0 Å². The molecule has 0 saturated carbocycles. The normalized spacial score (nSPS) is 12.6. The molecule has 7 nitrogen and oxygen atoms in total. The van der Waals surface area contributed by atoms with Gasteiger partial charge in [0.2, 0.25) is 11.9 Å². The number of anilines is 1. The number of imidazole rings is 1. The van der Waals surface area contributed by atoms with Crippen molar-refractivity contribution in [2.45, 2.75) is 33.3 Å². The van der Waals surface area contributed by atoms with Crippen molar-refractivity contribution in [3.8, 4) is 12.0 Å². The van der Waals surface area contributed by atoms with Gasteiger partial charge in [-0.15, -0.1) is 0 Å². The van der Waals surface area contributed by atoms with E-state index in [1.807, 2.05) is 6.92 Å². The van der Waals surface area contributed by atoms with Crippen molar-refractivity contribution in [1.82, 2.24) is 24.5 Å². The van der Waals surface area contributed by atoms with Crippen molar-refractivity contribution in [3.05, 3.63) is 18.7 Å². The average Bonchev–Trinajstić information content (AvgIpc) is 2.79. The lowest BCUT2D eigenvalue weighted by atomic mass is 10.1. The lowest BCUT2D eigenvalue weighted by Gasteiger charge is -2.15. The van der Waals surface area contributed by atoms with Crippen LogP contribution in [-0.4, -0.2) is 30.6 Å². The average molecular weight is 262 g/mol. The van der Waals surface area contributed by atoms with Gasteiger partial charge in [-0.25, -0.2) is 4.98 Å². The third-order valence-electron chi connectivity index (χ3n) is 2.47. The van der Waals surface area contributed by atoms with E-state index in [0.717, 1.165) is 6.42 Å². The van der Waals surface area contributed by atoms with Gasteiger partial charge in [-0.1, -0.05) is 13.8 Å². The second kappa shape index (κ2) is 5.64. The second-order valence-corrected chi connectivity index (χ2v) is 4.80. The molecule has 7 heteroatoms. The molecule has 0 aliphatic carbocycles. The van der Waals surface area contributed by atoms with Crippen molar-refractivity contribution < 1.29 is 4.74 Å². The fourth-order valence-electron chi connectivity index (χ4n) is 1.80. The van der Waals surface area contributed by atoms with E-state index in [1.165, 1.54) is 0 Å². The summed E-state index contributed by atoms with van der Waals surface area (Å²) in [5.74, 6) is 1.07. The standard InChI is InChI=1S/C12H18N6O/c1-8(2)6-9(3)19-12-16-10(13)15-11(17-12)18-5-4-14-7-18/h4-5,7-9H,6H2,1-3H3,(H2,13,15,16,17). The maximum Gasteiger partial charge on any atom is 0.323 e. The van der Waals surface area contributed by atoms with Gasteiger partial charge >= 0.3 is 6.01 Å². The molecule has 19 heavy (non-hydrogen) atoms. The van der Waals surface area contributed by atoms with E-state index >= 15 is 0 Å². The molecule has 0 amide bonds. The Bertz CT molecular complexity index is 525. The summed E-state index contributed by atoms with van der Waals surface area (Å²) in [6, 6.07) is 0.240. The van der Waals surface area contributed by atoms with Gasteiger partial charge in [-0.05, 0) is 19.3 Å². The Morgan fingerprint density at radius 3 is 2.68 bits per heavy atom. The topological polar surface area (TPSA) is 91.7 Å². The molecule has 2 heterocycles. The molecule has 2 aromatic rings. The number of hydrogen-bond donors (Lipinski definition) is 1. The van der Waals surface area contributed by atoms with Crippen molar-refractivity contribution >= 4 is 5.95 Å². The maximum atomic E-state index is 5.67. The zero-order valence-electron chi connectivity index (χ0n) is 11.3. The SMILES string of the molecule is CC(C)CC(C)Oc1nc(N)nc(-n2ccnc2)n1. The minimum atomic E-state index is 0.0254. The molecule has 2 N–H and O–H groups in total. The summed E-state index contributed by atoms with van der Waals surface area (Å²) in [7, 11) is 0. The van der Waals surface area contributed by atoms with E-state index in [1.54, 1.807) is 23.3 Å². The summed E-state index contributed by atoms with van der Waals surface area (Å²) in [5, 5.41) is 0. The summed E-state index contributed by atoms with van der Waals surface area (Å²) in [4.78, 5) is 16.2. The van der Waals surface area contributed by atoms with Crippen LogP contribution in [0.2, 0.25) is 0 Å². The number of ether oxygens (including phenoxy) is 1. The smallest absolute Gasteiger partial charge is 0.323 e. The van der Waals surface area contributed by atoms with Crippen LogP contribution >= 0.6 is 0 Å². The van der Waals surface area contributed by atoms with Crippen molar-refractivity contribution in [2.24, 2.45) is 5.92 Å². The molecule has 2 aromatic heterocycles. The summed E-state index contributed by atoms with van der Waals surface area (Å²) in [6.45, 7) is 6.26. The van der Waals surface area contributed by atoms with Gasteiger partial charge in [0.1, 0.15) is 6.33 Å². The van der Waals surface area contributed by atoms with E-state index in [0.29, 0.717) is 11.9 Å². The Morgan fingerprint density at radius 2 is 2.05 bits per heavy atom. The predicted octanol–water partition coefficient (Wildman–Crippen LogP) is 1.45. The first kappa shape index (κ1) is 13.3. The number of hydrogen-bond acceptors (Lipinski definition) is 6. The Balaban J connectivity index is 2.18. The lowest BCUT2D eigenvalue weighted by Crippen LogP contribution is -2.17. The summed E-state index contributed by atoms with van der Waals surface area (Å²) in [5.41, 5.74) is 5.67. The van der Waals surface area contributed by atoms with Gasteiger partial charge in [-0.2, -0.15) is 15.0 Å². The predicted molar refractivity (Wildman–Crippen MR) is 70.9 cm³/mol. The molecular weight excluding hydrogens is 244 g/mol. The largest absolute Gasteiger partial charge is 0.460 e. The molecule has 102 valence electrons. The first-order valence-electron chi connectivity index (χ1n) is 6.21. The van der Waals surface area contributed by atoms with Gasteiger partial charge < -0.3 is 10.5 Å². The van der Waals surface area contributed by atoms with Gasteiger partial charge in [0.15, 0.2) is 0 Å². The Labute approximate surface area is 111 Å². The van der Waals surface area contributed by atoms with Crippen LogP contribution in [0.15, 0.2) is 18.7 Å². The monoisotopic (exact) mass is 262 g/mol. The molecular formula is C12H18N6O. The minimum absolute atomic E-state index is 0.0254. The second-order valence-electron chi connectivity index (χ2n) is 4.80. The molecule has 0 aromatic carbocycles. The van der Waals surface area contributed by atoms with Gasteiger partial charge in [-0.3, -0.25) is 4.57 Å². The minimum Gasteiger partial charge on any atom is -0.460 e. The summed E-state index contributed by atoms with van der Waals surface area (Å²) < 4.78 is 7.32. The van der Waals surface area contributed by atoms with Crippen molar-refractivity contribution in [1.29, 1.82) is 0 Å². The third kappa shape index (κ3) is 3.64. The summed E-state index contributed by atoms with van der Waals surface area (Å²) >= 11 is 0. The number of rotatable bonds is 5.